The summed E-state index contributed by atoms with van der Waals surface area (Å²) in [4.78, 5) is 1.18. The molecule has 1 atom stereocenters. The van der Waals surface area contributed by atoms with Crippen molar-refractivity contribution in [3.63, 3.8) is 0 Å². The number of nitrogens with zero attached hydrogens (tertiary/aromatic N) is 2. The first-order chi connectivity index (χ1) is 7.15. The first-order valence-electron chi connectivity index (χ1n) is 5.71. The molecule has 4 heteroatoms. The molecule has 0 saturated heterocycles. The highest BCUT2D eigenvalue weighted by atomic mass is 32.1. The van der Waals surface area contributed by atoms with Gasteiger partial charge in [0.1, 0.15) is 0 Å². The highest BCUT2D eigenvalue weighted by molar-refractivity contribution is 7.05. The van der Waals surface area contributed by atoms with Crippen LogP contribution in [0.2, 0.25) is 0 Å². The maximum absolute atomic E-state index is 6.13. The zero-order chi connectivity index (χ0) is 11.3. The second kappa shape index (κ2) is 6.18. The largest absolute Gasteiger partial charge is 0.323 e. The van der Waals surface area contributed by atoms with E-state index in [0.29, 0.717) is 0 Å². The Morgan fingerprint density at radius 2 is 2.07 bits per heavy atom. The predicted molar refractivity (Wildman–Crippen MR) is 64.9 cm³/mol. The Balaban J connectivity index is 2.43. The summed E-state index contributed by atoms with van der Waals surface area (Å²) < 4.78 is 3.97. The van der Waals surface area contributed by atoms with Crippen molar-refractivity contribution in [2.75, 3.05) is 0 Å². The van der Waals surface area contributed by atoms with Crippen LogP contribution in [-0.2, 0) is 6.42 Å². The molecule has 86 valence electrons. The standard InChI is InChI=1S/C11H21N3S/c1-4-10-11(15-14-13-10)9(12)7-5-6-8(2)3/h8-9H,4-7,12H2,1-3H3. The third-order valence-corrected chi connectivity index (χ3v) is 3.45. The van der Waals surface area contributed by atoms with E-state index in [9.17, 15) is 0 Å². The Kier molecular flexibility index (Phi) is 5.19. The van der Waals surface area contributed by atoms with Gasteiger partial charge < -0.3 is 5.73 Å². The van der Waals surface area contributed by atoms with Crippen molar-refractivity contribution in [2.45, 2.75) is 52.5 Å². The van der Waals surface area contributed by atoms with Crippen LogP contribution in [0.15, 0.2) is 0 Å². The van der Waals surface area contributed by atoms with Crippen molar-refractivity contribution in [3.8, 4) is 0 Å². The van der Waals surface area contributed by atoms with Gasteiger partial charge in [0.15, 0.2) is 0 Å². The van der Waals surface area contributed by atoms with E-state index in [-0.39, 0.29) is 6.04 Å². The number of rotatable bonds is 6. The molecule has 0 bridgehead atoms. The molecule has 1 aromatic rings. The first kappa shape index (κ1) is 12.6. The quantitative estimate of drug-likeness (QED) is 0.813. The van der Waals surface area contributed by atoms with Gasteiger partial charge in [-0.15, -0.1) is 5.10 Å². The molecule has 0 aliphatic carbocycles. The van der Waals surface area contributed by atoms with E-state index < -0.39 is 0 Å². The Bertz CT molecular complexity index is 283. The summed E-state index contributed by atoms with van der Waals surface area (Å²) in [5, 5.41) is 4.09. The van der Waals surface area contributed by atoms with Gasteiger partial charge in [0, 0.05) is 6.04 Å². The molecule has 1 heterocycles. The molecule has 0 aromatic carbocycles. The van der Waals surface area contributed by atoms with Gasteiger partial charge in [-0.25, -0.2) is 0 Å². The second-order valence-corrected chi connectivity index (χ2v) is 5.15. The Morgan fingerprint density at radius 1 is 1.33 bits per heavy atom. The maximum Gasteiger partial charge on any atom is 0.0800 e. The SMILES string of the molecule is CCc1nnsc1C(N)CCCC(C)C. The van der Waals surface area contributed by atoms with Crippen LogP contribution in [-0.4, -0.2) is 9.59 Å². The van der Waals surface area contributed by atoms with Gasteiger partial charge in [-0.1, -0.05) is 38.1 Å². The van der Waals surface area contributed by atoms with Crippen molar-refractivity contribution < 1.29 is 0 Å². The normalized spacial score (nSPS) is 13.4. The summed E-state index contributed by atoms with van der Waals surface area (Å²) in [6, 6.07) is 0.138. The van der Waals surface area contributed by atoms with Gasteiger partial charge in [0.25, 0.3) is 0 Å². The zero-order valence-corrected chi connectivity index (χ0v) is 10.7. The Morgan fingerprint density at radius 3 is 2.67 bits per heavy atom. The van der Waals surface area contributed by atoms with E-state index in [1.54, 1.807) is 0 Å². The summed E-state index contributed by atoms with van der Waals surface area (Å²) in [5.41, 5.74) is 7.21. The van der Waals surface area contributed by atoms with Crippen LogP contribution in [0.4, 0.5) is 0 Å². The summed E-state index contributed by atoms with van der Waals surface area (Å²) in [6.45, 7) is 6.59. The average Bonchev–Trinajstić information content (AvgIpc) is 2.64. The van der Waals surface area contributed by atoms with E-state index in [1.807, 2.05) is 0 Å². The Hall–Kier alpha value is -0.480. The second-order valence-electron chi connectivity index (χ2n) is 4.37. The van der Waals surface area contributed by atoms with Crippen LogP contribution in [0.25, 0.3) is 0 Å². The van der Waals surface area contributed by atoms with Gasteiger partial charge in [-0.05, 0) is 30.3 Å². The van der Waals surface area contributed by atoms with Crippen molar-refractivity contribution >= 4 is 11.5 Å². The lowest BCUT2D eigenvalue weighted by molar-refractivity contribution is 0.507. The lowest BCUT2D eigenvalue weighted by Crippen LogP contribution is -2.11. The van der Waals surface area contributed by atoms with Gasteiger partial charge in [0.2, 0.25) is 0 Å². The van der Waals surface area contributed by atoms with Crippen molar-refractivity contribution in [1.29, 1.82) is 0 Å². The molecule has 1 rings (SSSR count). The van der Waals surface area contributed by atoms with E-state index in [4.69, 9.17) is 5.73 Å². The molecule has 15 heavy (non-hydrogen) atoms. The summed E-state index contributed by atoms with van der Waals surface area (Å²) in [6.07, 6.45) is 4.43. The minimum Gasteiger partial charge on any atom is -0.323 e. The summed E-state index contributed by atoms with van der Waals surface area (Å²) in [7, 11) is 0. The summed E-state index contributed by atoms with van der Waals surface area (Å²) in [5.74, 6) is 0.766. The molecule has 0 spiro atoms. The molecule has 1 aromatic heterocycles. The number of nitrogens with two attached hydrogens (primary N) is 1. The fourth-order valence-corrected chi connectivity index (χ4v) is 2.39. The van der Waals surface area contributed by atoms with Gasteiger partial charge in [0.05, 0.1) is 10.6 Å². The van der Waals surface area contributed by atoms with E-state index in [2.05, 4.69) is 30.4 Å². The topological polar surface area (TPSA) is 51.8 Å². The lowest BCUT2D eigenvalue weighted by atomic mass is 10.0. The fourth-order valence-electron chi connectivity index (χ4n) is 1.62. The van der Waals surface area contributed by atoms with Gasteiger partial charge >= 0.3 is 0 Å². The molecular weight excluding hydrogens is 206 g/mol. The highest BCUT2D eigenvalue weighted by Gasteiger charge is 2.14. The molecule has 0 aliphatic heterocycles. The van der Waals surface area contributed by atoms with Crippen LogP contribution in [0.5, 0.6) is 0 Å². The van der Waals surface area contributed by atoms with Crippen molar-refractivity contribution in [1.82, 2.24) is 9.59 Å². The zero-order valence-electron chi connectivity index (χ0n) is 9.86. The molecule has 0 aliphatic rings. The predicted octanol–water partition coefficient (Wildman–Crippen LogP) is 2.93. The molecule has 0 amide bonds. The third kappa shape index (κ3) is 3.87. The first-order valence-corrected chi connectivity index (χ1v) is 6.49. The monoisotopic (exact) mass is 227 g/mol. The van der Waals surface area contributed by atoms with E-state index in [1.165, 1.54) is 29.3 Å². The van der Waals surface area contributed by atoms with Crippen LogP contribution in [0, 0.1) is 5.92 Å². The maximum atomic E-state index is 6.13. The molecule has 2 N–H and O–H groups in total. The van der Waals surface area contributed by atoms with Crippen LogP contribution < -0.4 is 5.73 Å². The van der Waals surface area contributed by atoms with Crippen LogP contribution >= 0.6 is 11.5 Å². The minimum absolute atomic E-state index is 0.138. The molecule has 0 fully saturated rings. The number of hydrogen-bond acceptors (Lipinski definition) is 4. The molecule has 0 radical (unpaired) electrons. The lowest BCUT2D eigenvalue weighted by Gasteiger charge is -2.11. The van der Waals surface area contributed by atoms with E-state index >= 15 is 0 Å². The Labute approximate surface area is 96.2 Å². The van der Waals surface area contributed by atoms with Crippen LogP contribution in [0.3, 0.4) is 0 Å². The molecular formula is C11H21N3S. The smallest absolute Gasteiger partial charge is 0.0800 e. The van der Waals surface area contributed by atoms with E-state index in [0.717, 1.165) is 24.5 Å². The van der Waals surface area contributed by atoms with Gasteiger partial charge in [-0.3, -0.25) is 0 Å². The number of hydrogen-bond donors (Lipinski definition) is 1. The highest BCUT2D eigenvalue weighted by Crippen LogP contribution is 2.23. The fraction of sp³-hybridized carbons (Fsp3) is 0.818. The average molecular weight is 227 g/mol. The van der Waals surface area contributed by atoms with Crippen molar-refractivity contribution in [3.05, 3.63) is 10.6 Å². The van der Waals surface area contributed by atoms with Crippen LogP contribution in [0.1, 0.15) is 56.6 Å². The number of aromatic nitrogens is 2. The molecule has 0 saturated carbocycles. The molecule has 1 unspecified atom stereocenters. The minimum atomic E-state index is 0.138. The van der Waals surface area contributed by atoms with Crippen molar-refractivity contribution in [2.24, 2.45) is 11.7 Å². The summed E-state index contributed by atoms with van der Waals surface area (Å²) >= 11 is 1.45. The third-order valence-electron chi connectivity index (χ3n) is 2.55. The number of aryl methyl sites for hydroxylation is 1. The van der Waals surface area contributed by atoms with Gasteiger partial charge in [-0.2, -0.15) is 0 Å². The molecule has 3 nitrogen and oxygen atoms in total.